The number of likely N-dealkylation sites (tertiary alicyclic amines) is 1. The molecule has 1 aromatic carbocycles. The van der Waals surface area contributed by atoms with Crippen molar-refractivity contribution in [1.29, 1.82) is 0 Å². The SMILES string of the molecule is CCOC(=O)CCCn1ccc(C=C2CN(C(C(=O)C3CC3)c3ccccc3F)CCC2SC(C)=O)n1. The van der Waals surface area contributed by atoms with Crippen molar-refractivity contribution < 1.29 is 23.5 Å². The molecule has 1 aliphatic carbocycles. The smallest absolute Gasteiger partial charge is 0.305 e. The normalized spacial score (nSPS) is 20.1. The molecule has 9 heteroatoms. The molecule has 198 valence electrons. The first-order valence-electron chi connectivity index (χ1n) is 12.9. The molecule has 1 saturated heterocycles. The van der Waals surface area contributed by atoms with E-state index in [4.69, 9.17) is 4.74 Å². The van der Waals surface area contributed by atoms with Gasteiger partial charge in [-0.1, -0.05) is 30.0 Å². The van der Waals surface area contributed by atoms with Crippen LogP contribution in [0.4, 0.5) is 4.39 Å². The average Bonchev–Trinajstić information content (AvgIpc) is 3.62. The van der Waals surface area contributed by atoms with Gasteiger partial charge in [0.05, 0.1) is 18.3 Å². The van der Waals surface area contributed by atoms with E-state index in [9.17, 15) is 18.8 Å². The van der Waals surface area contributed by atoms with Crippen molar-refractivity contribution in [3.63, 3.8) is 0 Å². The molecule has 7 nitrogen and oxygen atoms in total. The first-order chi connectivity index (χ1) is 17.9. The molecule has 2 heterocycles. The molecule has 0 spiro atoms. The van der Waals surface area contributed by atoms with Crippen molar-refractivity contribution in [3.8, 4) is 0 Å². The molecule has 0 bridgehead atoms. The molecule has 2 unspecified atom stereocenters. The number of hydrogen-bond acceptors (Lipinski definition) is 7. The zero-order valence-electron chi connectivity index (χ0n) is 21.4. The van der Waals surface area contributed by atoms with Gasteiger partial charge < -0.3 is 4.74 Å². The minimum atomic E-state index is -0.638. The van der Waals surface area contributed by atoms with Crippen molar-refractivity contribution in [2.75, 3.05) is 19.7 Å². The van der Waals surface area contributed by atoms with E-state index in [2.05, 4.69) is 10.00 Å². The number of thioether (sulfide) groups is 1. The van der Waals surface area contributed by atoms with E-state index in [0.717, 1.165) is 24.1 Å². The lowest BCUT2D eigenvalue weighted by molar-refractivity contribution is -0.143. The molecule has 2 aliphatic rings. The highest BCUT2D eigenvalue weighted by Gasteiger charge is 2.41. The van der Waals surface area contributed by atoms with Crippen LogP contribution in [0.3, 0.4) is 0 Å². The second kappa shape index (κ2) is 12.6. The van der Waals surface area contributed by atoms with Gasteiger partial charge in [0.25, 0.3) is 0 Å². The number of ketones is 1. The van der Waals surface area contributed by atoms with Crippen LogP contribution in [0.5, 0.6) is 0 Å². The molecule has 1 saturated carbocycles. The number of benzene rings is 1. The van der Waals surface area contributed by atoms with Crippen molar-refractivity contribution in [3.05, 3.63) is 59.2 Å². The molecule has 1 aromatic heterocycles. The third-order valence-corrected chi connectivity index (χ3v) is 7.82. The molecule has 2 atom stereocenters. The fourth-order valence-electron chi connectivity index (χ4n) is 4.78. The lowest BCUT2D eigenvalue weighted by Gasteiger charge is -2.38. The zero-order valence-corrected chi connectivity index (χ0v) is 22.2. The number of carbonyl (C=O) groups is 3. The number of halogens is 1. The summed E-state index contributed by atoms with van der Waals surface area (Å²) in [7, 11) is 0. The van der Waals surface area contributed by atoms with Gasteiger partial charge in [-0.05, 0) is 56.4 Å². The molecule has 2 fully saturated rings. The molecule has 0 radical (unpaired) electrons. The highest BCUT2D eigenvalue weighted by atomic mass is 32.2. The van der Waals surface area contributed by atoms with Crippen LogP contribution in [-0.2, 0) is 25.7 Å². The lowest BCUT2D eigenvalue weighted by Crippen LogP contribution is -2.43. The predicted octanol–water partition coefficient (Wildman–Crippen LogP) is 4.82. The highest BCUT2D eigenvalue weighted by molar-refractivity contribution is 8.14. The van der Waals surface area contributed by atoms with Crippen molar-refractivity contribution in [2.24, 2.45) is 5.92 Å². The molecule has 0 N–H and O–H groups in total. The van der Waals surface area contributed by atoms with Crippen LogP contribution in [0.25, 0.3) is 6.08 Å². The van der Waals surface area contributed by atoms with E-state index in [1.54, 1.807) is 36.7 Å². The number of ether oxygens (including phenoxy) is 1. The summed E-state index contributed by atoms with van der Waals surface area (Å²) >= 11 is 1.29. The Morgan fingerprint density at radius 2 is 2.00 bits per heavy atom. The van der Waals surface area contributed by atoms with Gasteiger partial charge >= 0.3 is 5.97 Å². The summed E-state index contributed by atoms with van der Waals surface area (Å²) < 4.78 is 21.6. The third-order valence-electron chi connectivity index (χ3n) is 6.67. The molecule has 1 aliphatic heterocycles. The van der Waals surface area contributed by atoms with E-state index in [-0.39, 0.29) is 33.9 Å². The highest BCUT2D eigenvalue weighted by Crippen LogP contribution is 2.40. The van der Waals surface area contributed by atoms with Gasteiger partial charge in [0.2, 0.25) is 0 Å². The first kappa shape index (κ1) is 27.3. The number of Topliss-reactive ketones (excluding diaryl/α,β-unsaturated/α-hetero) is 1. The number of piperidine rings is 1. The van der Waals surface area contributed by atoms with Gasteiger partial charge in [-0.15, -0.1) is 0 Å². The van der Waals surface area contributed by atoms with Crippen molar-refractivity contribution in [1.82, 2.24) is 14.7 Å². The topological polar surface area (TPSA) is 81.5 Å². The van der Waals surface area contributed by atoms with Crippen LogP contribution >= 0.6 is 11.8 Å². The first-order valence-corrected chi connectivity index (χ1v) is 13.8. The van der Waals surface area contributed by atoms with Crippen LogP contribution in [0.15, 0.2) is 42.1 Å². The zero-order chi connectivity index (χ0) is 26.4. The summed E-state index contributed by atoms with van der Waals surface area (Å²) in [5, 5.41) is 4.63. The van der Waals surface area contributed by atoms with Gasteiger partial charge in [0, 0.05) is 55.9 Å². The Morgan fingerprint density at radius 1 is 1.22 bits per heavy atom. The number of aryl methyl sites for hydroxylation is 1. The molecule has 0 amide bonds. The van der Waals surface area contributed by atoms with E-state index in [1.807, 2.05) is 18.3 Å². The predicted molar refractivity (Wildman–Crippen MR) is 141 cm³/mol. The molecular weight excluding hydrogens is 493 g/mol. The van der Waals surface area contributed by atoms with Crippen molar-refractivity contribution in [2.45, 2.75) is 63.8 Å². The van der Waals surface area contributed by atoms with E-state index in [1.165, 1.54) is 17.8 Å². The van der Waals surface area contributed by atoms with E-state index >= 15 is 0 Å². The Balaban J connectivity index is 1.54. The lowest BCUT2D eigenvalue weighted by atomic mass is 9.93. The van der Waals surface area contributed by atoms with Crippen LogP contribution in [-0.4, -0.2) is 56.5 Å². The van der Waals surface area contributed by atoms with Crippen LogP contribution < -0.4 is 0 Å². The summed E-state index contributed by atoms with van der Waals surface area (Å²) in [6.07, 6.45) is 7.20. The van der Waals surface area contributed by atoms with Gasteiger partial charge in [-0.3, -0.25) is 24.0 Å². The standard InChI is InChI=1S/C28H34FN3O4S/c1-3-36-26(34)9-6-14-32-16-12-22(30-32)17-21-18-31(15-13-25(21)37-19(2)33)27(28(35)20-10-11-20)23-7-4-5-8-24(23)29/h4-5,7-8,12,16-17,20,25,27H,3,6,9-11,13-15,18H2,1-2H3. The van der Waals surface area contributed by atoms with Crippen LogP contribution in [0, 0.1) is 11.7 Å². The van der Waals surface area contributed by atoms with Crippen molar-refractivity contribution >= 4 is 34.7 Å². The van der Waals surface area contributed by atoms with E-state index < -0.39 is 6.04 Å². The largest absolute Gasteiger partial charge is 0.466 e. The van der Waals surface area contributed by atoms with Crippen LogP contribution in [0.1, 0.15) is 63.3 Å². The van der Waals surface area contributed by atoms with E-state index in [0.29, 0.717) is 51.1 Å². The maximum Gasteiger partial charge on any atom is 0.305 e. The maximum atomic E-state index is 14.8. The molecular formula is C28H34FN3O4S. The Kier molecular flexibility index (Phi) is 9.32. The molecule has 2 aromatic rings. The number of carbonyl (C=O) groups excluding carboxylic acids is 3. The average molecular weight is 528 g/mol. The minimum Gasteiger partial charge on any atom is -0.466 e. The van der Waals surface area contributed by atoms with Crippen LogP contribution in [0.2, 0.25) is 0 Å². The maximum absolute atomic E-state index is 14.8. The fourth-order valence-corrected chi connectivity index (χ4v) is 5.70. The number of aromatic nitrogens is 2. The summed E-state index contributed by atoms with van der Waals surface area (Å²) in [6.45, 7) is 5.37. The summed E-state index contributed by atoms with van der Waals surface area (Å²) in [6, 6.07) is 7.79. The molecule has 37 heavy (non-hydrogen) atoms. The van der Waals surface area contributed by atoms with Gasteiger partial charge in [0.1, 0.15) is 5.82 Å². The Labute approximate surface area is 221 Å². The Bertz CT molecular complexity index is 1160. The summed E-state index contributed by atoms with van der Waals surface area (Å²) in [4.78, 5) is 39.0. The van der Waals surface area contributed by atoms with Gasteiger partial charge in [0.15, 0.2) is 10.9 Å². The van der Waals surface area contributed by atoms with Gasteiger partial charge in [-0.25, -0.2) is 4.39 Å². The van der Waals surface area contributed by atoms with Gasteiger partial charge in [-0.2, -0.15) is 5.10 Å². The number of rotatable bonds is 11. The Hall–Kier alpha value is -2.78. The fraction of sp³-hybridized carbons (Fsp3) is 0.500. The summed E-state index contributed by atoms with van der Waals surface area (Å²) in [5.41, 5.74) is 2.16. The number of hydrogen-bond donors (Lipinski definition) is 0. The Morgan fingerprint density at radius 3 is 2.70 bits per heavy atom. The second-order valence-electron chi connectivity index (χ2n) is 9.59. The monoisotopic (exact) mass is 527 g/mol. The third kappa shape index (κ3) is 7.38. The number of esters is 1. The molecule has 4 rings (SSSR count). The quantitative estimate of drug-likeness (QED) is 0.388. The summed E-state index contributed by atoms with van der Waals surface area (Å²) in [5.74, 6) is -0.512. The number of nitrogens with zero attached hydrogens (tertiary/aromatic N) is 3. The minimum absolute atomic E-state index is 0.00772. The second-order valence-corrected chi connectivity index (χ2v) is 11.0.